The van der Waals surface area contributed by atoms with Crippen LogP contribution < -0.4 is 22.9 Å². The maximum Gasteiger partial charge on any atom is 0.337 e. The average Bonchev–Trinajstić information content (AvgIpc) is 2.49. The molecule has 0 unspecified atom stereocenters. The third kappa shape index (κ3) is 21.3. The molecule has 8 N–H and O–H groups in total. The molecule has 0 saturated carbocycles. The third-order valence-electron chi connectivity index (χ3n) is 1.12. The van der Waals surface area contributed by atoms with E-state index in [4.69, 9.17) is 22.9 Å². The molecule has 0 aromatic heterocycles. The number of nitrogens with two attached hydrogens (primary N) is 4. The first-order valence-corrected chi connectivity index (χ1v) is 5.30. The van der Waals surface area contributed by atoms with Crippen molar-refractivity contribution in [1.82, 2.24) is 0 Å². The predicted octanol–water partition coefficient (Wildman–Crippen LogP) is -1.03. The van der Waals surface area contributed by atoms with E-state index in [1.807, 2.05) is 0 Å². The van der Waals surface area contributed by atoms with Crippen LogP contribution in [0.5, 0.6) is 0 Å². The van der Waals surface area contributed by atoms with Gasteiger partial charge in [0.2, 0.25) is 0 Å². The summed E-state index contributed by atoms with van der Waals surface area (Å²) in [6.07, 6.45) is -2.38. The highest BCUT2D eigenvalue weighted by atomic mass is 16.6. The summed E-state index contributed by atoms with van der Waals surface area (Å²) in [6, 6.07) is 0. The molecule has 0 aliphatic heterocycles. The largest absolute Gasteiger partial charge is 0.460 e. The number of esters is 2. The summed E-state index contributed by atoms with van der Waals surface area (Å²) in [6.45, 7) is 17.7. The van der Waals surface area contributed by atoms with Crippen LogP contribution >= 0.6 is 0 Å². The molecule has 0 aliphatic rings. The van der Waals surface area contributed by atoms with Crippen LogP contribution in [0.3, 0.4) is 0 Å². The molecule has 118 valence electrons. The van der Waals surface area contributed by atoms with Crippen molar-refractivity contribution in [3.8, 4) is 0 Å². The summed E-state index contributed by atoms with van der Waals surface area (Å²) in [5, 5.41) is 0. The van der Waals surface area contributed by atoms with Gasteiger partial charge >= 0.3 is 11.9 Å². The van der Waals surface area contributed by atoms with E-state index in [-0.39, 0.29) is 13.2 Å². The molecule has 0 radical (unpaired) electrons. The molecule has 0 heterocycles. The maximum absolute atomic E-state index is 10.7. The number of hydrogen-bond acceptors (Lipinski definition) is 8. The van der Waals surface area contributed by atoms with E-state index in [0.717, 1.165) is 0 Å². The Hall–Kier alpha value is -2.00. The number of ether oxygens (including phenoxy) is 2. The highest BCUT2D eigenvalue weighted by molar-refractivity contribution is 5.75. The number of hydrogen-bond donors (Lipinski definition) is 4. The smallest absolute Gasteiger partial charge is 0.337 e. The molecule has 20 heavy (non-hydrogen) atoms. The number of carbonyl (C=O) groups is 2. The average molecular weight is 290 g/mol. The molecule has 0 fully saturated rings. The van der Waals surface area contributed by atoms with Crippen molar-refractivity contribution in [3.63, 3.8) is 0 Å². The van der Waals surface area contributed by atoms with Crippen molar-refractivity contribution in [3.05, 3.63) is 39.5 Å². The second-order valence-corrected chi connectivity index (χ2v) is 2.39. The van der Waals surface area contributed by atoms with Crippen LogP contribution in [0.4, 0.5) is 0 Å². The zero-order valence-electron chi connectivity index (χ0n) is 11.8. The Balaban J connectivity index is -0.000000187. The monoisotopic (exact) mass is 290 g/mol. The quantitative estimate of drug-likeness (QED) is 0.216. The van der Waals surface area contributed by atoms with E-state index in [1.54, 1.807) is 0 Å². The first-order valence-electron chi connectivity index (χ1n) is 5.30. The van der Waals surface area contributed by atoms with Gasteiger partial charge in [0, 0.05) is 0 Å². The van der Waals surface area contributed by atoms with Gasteiger partial charge in [0.25, 0.3) is 0 Å². The summed E-state index contributed by atoms with van der Waals surface area (Å²) >= 11 is 0. The summed E-state index contributed by atoms with van der Waals surface area (Å²) in [7, 11) is 0. The Kier molecular flexibility index (Phi) is 29.5. The molecule has 8 nitrogen and oxygen atoms in total. The summed E-state index contributed by atoms with van der Waals surface area (Å²) in [5.41, 5.74) is 19.9. The Morgan fingerprint density at radius 1 is 0.700 bits per heavy atom. The number of rotatable bonds is 5. The van der Waals surface area contributed by atoms with Crippen molar-refractivity contribution in [1.29, 1.82) is 0 Å². The van der Waals surface area contributed by atoms with E-state index < -0.39 is 24.3 Å². The second-order valence-electron chi connectivity index (χ2n) is 2.39. The van der Waals surface area contributed by atoms with Gasteiger partial charge in [-0.1, -0.05) is 0 Å². The molecule has 0 aliphatic carbocycles. The molecule has 0 aromatic carbocycles. The van der Waals surface area contributed by atoms with Gasteiger partial charge < -0.3 is 32.4 Å². The molecule has 8 heteroatoms. The minimum absolute atomic E-state index is 0.137. The molecule has 0 amide bonds. The molecule has 0 saturated heterocycles. The van der Waals surface area contributed by atoms with E-state index in [2.05, 4.69) is 48.9 Å². The van der Waals surface area contributed by atoms with Crippen molar-refractivity contribution >= 4 is 11.9 Å². The SMILES string of the molecule is C=C.C=C.C=C.NC(N)C(=O)OCCOC(=O)C(N)N. The lowest BCUT2D eigenvalue weighted by Gasteiger charge is -2.08. The van der Waals surface area contributed by atoms with Crippen LogP contribution in [-0.4, -0.2) is 37.5 Å². The second kappa shape index (κ2) is 22.2. The third-order valence-corrected chi connectivity index (χ3v) is 1.12. The van der Waals surface area contributed by atoms with Crippen molar-refractivity contribution < 1.29 is 19.1 Å². The van der Waals surface area contributed by atoms with Gasteiger partial charge in [-0.2, -0.15) is 0 Å². The normalized spacial score (nSPS) is 7.90. The highest BCUT2D eigenvalue weighted by Gasteiger charge is 2.11. The standard InChI is InChI=1S/C6H14N4O4.3C2H4/c7-3(8)5(11)13-1-2-14-6(12)4(9)10;3*1-2/h3-4H,1-2,7-10H2;3*1-2H2. The van der Waals surface area contributed by atoms with Gasteiger partial charge in [0.1, 0.15) is 13.2 Å². The lowest BCUT2D eigenvalue weighted by atomic mass is 10.5. The zero-order chi connectivity index (χ0) is 17.1. The van der Waals surface area contributed by atoms with Crippen LogP contribution in [0.25, 0.3) is 0 Å². The van der Waals surface area contributed by atoms with Gasteiger partial charge in [0.05, 0.1) is 0 Å². The van der Waals surface area contributed by atoms with Crippen molar-refractivity contribution in [2.75, 3.05) is 13.2 Å². The molecule has 0 rings (SSSR count). The first-order chi connectivity index (χ1) is 9.45. The Morgan fingerprint density at radius 2 is 0.900 bits per heavy atom. The number of carbonyl (C=O) groups excluding carboxylic acids is 2. The molecular formula is C12H26N4O4. The summed E-state index contributed by atoms with van der Waals surface area (Å²) in [4.78, 5) is 21.3. The Labute approximate surface area is 120 Å². The van der Waals surface area contributed by atoms with E-state index in [1.165, 1.54) is 0 Å². The molecular weight excluding hydrogens is 264 g/mol. The minimum atomic E-state index is -1.19. The van der Waals surface area contributed by atoms with Crippen LogP contribution in [0, 0.1) is 0 Å². The fourth-order valence-electron chi connectivity index (χ4n) is 0.477. The first kappa shape index (κ1) is 26.5. The van der Waals surface area contributed by atoms with E-state index in [0.29, 0.717) is 0 Å². The predicted molar refractivity (Wildman–Crippen MR) is 80.0 cm³/mol. The van der Waals surface area contributed by atoms with Gasteiger partial charge in [0.15, 0.2) is 12.3 Å². The Morgan fingerprint density at radius 3 is 1.05 bits per heavy atom. The molecule has 0 bridgehead atoms. The van der Waals surface area contributed by atoms with Gasteiger partial charge in [-0.15, -0.1) is 39.5 Å². The summed E-state index contributed by atoms with van der Waals surface area (Å²) in [5.74, 6) is -1.56. The van der Waals surface area contributed by atoms with E-state index in [9.17, 15) is 9.59 Å². The van der Waals surface area contributed by atoms with Crippen LogP contribution in [0.15, 0.2) is 39.5 Å². The summed E-state index contributed by atoms with van der Waals surface area (Å²) < 4.78 is 8.97. The van der Waals surface area contributed by atoms with Gasteiger partial charge in [-0.05, 0) is 0 Å². The van der Waals surface area contributed by atoms with Crippen LogP contribution in [0.1, 0.15) is 0 Å². The van der Waals surface area contributed by atoms with Crippen molar-refractivity contribution in [2.24, 2.45) is 22.9 Å². The van der Waals surface area contributed by atoms with Gasteiger partial charge in [-0.25, -0.2) is 9.59 Å². The molecule has 0 spiro atoms. The van der Waals surface area contributed by atoms with Crippen LogP contribution in [-0.2, 0) is 19.1 Å². The van der Waals surface area contributed by atoms with Crippen molar-refractivity contribution in [2.45, 2.75) is 12.3 Å². The fraction of sp³-hybridized carbons (Fsp3) is 0.333. The topological polar surface area (TPSA) is 157 Å². The van der Waals surface area contributed by atoms with Gasteiger partial charge in [-0.3, -0.25) is 0 Å². The molecule has 0 aromatic rings. The fourth-order valence-corrected chi connectivity index (χ4v) is 0.477. The zero-order valence-corrected chi connectivity index (χ0v) is 11.8. The lowest BCUT2D eigenvalue weighted by Crippen LogP contribution is -2.42. The lowest BCUT2D eigenvalue weighted by molar-refractivity contribution is -0.153. The minimum Gasteiger partial charge on any atom is -0.460 e. The Bertz CT molecular complexity index is 221. The highest BCUT2D eigenvalue weighted by Crippen LogP contribution is 1.83. The maximum atomic E-state index is 10.7. The van der Waals surface area contributed by atoms with E-state index >= 15 is 0 Å². The molecule has 0 atom stereocenters. The van der Waals surface area contributed by atoms with Crippen LogP contribution in [0.2, 0.25) is 0 Å².